The lowest BCUT2D eigenvalue weighted by molar-refractivity contribution is -0.128. The van der Waals surface area contributed by atoms with Crippen molar-refractivity contribution in [1.82, 2.24) is 15.1 Å². The fourth-order valence-electron chi connectivity index (χ4n) is 4.32. The Morgan fingerprint density at radius 2 is 1.93 bits per heavy atom. The van der Waals surface area contributed by atoms with E-state index in [9.17, 15) is 4.79 Å². The van der Waals surface area contributed by atoms with Crippen LogP contribution in [0.5, 0.6) is 0 Å². The number of amides is 1. The van der Waals surface area contributed by atoms with Crippen molar-refractivity contribution in [2.45, 2.75) is 59.5 Å². The van der Waals surface area contributed by atoms with Crippen molar-refractivity contribution < 1.29 is 4.79 Å². The standard InChI is InChI=1S/C23H36N4O.HI/c1-4-24-23(27-13-11-21(17-27)14-18(2)3)25-15-19-7-9-20(10-8-19)16-26-12-5-6-22(26)28;/h7-10,18,21H,4-6,11-17H2,1-3H3,(H,24,25);1H. The molecular weight excluding hydrogens is 475 g/mol. The highest BCUT2D eigenvalue weighted by Crippen LogP contribution is 2.23. The van der Waals surface area contributed by atoms with E-state index >= 15 is 0 Å². The molecule has 2 heterocycles. The molecule has 2 saturated heterocycles. The first-order chi connectivity index (χ1) is 13.5. The lowest BCUT2D eigenvalue weighted by Crippen LogP contribution is -2.40. The number of carbonyl (C=O) groups is 1. The molecule has 3 rings (SSSR count). The predicted octanol–water partition coefficient (Wildman–Crippen LogP) is 4.26. The van der Waals surface area contributed by atoms with Gasteiger partial charge in [-0.25, -0.2) is 4.99 Å². The van der Waals surface area contributed by atoms with Crippen molar-refractivity contribution in [2.24, 2.45) is 16.8 Å². The number of guanidine groups is 1. The highest BCUT2D eigenvalue weighted by Gasteiger charge is 2.25. The molecule has 0 spiro atoms. The second kappa shape index (κ2) is 11.8. The molecule has 1 unspecified atom stereocenters. The third kappa shape index (κ3) is 7.15. The number of hydrogen-bond donors (Lipinski definition) is 1. The molecule has 1 N–H and O–H groups in total. The van der Waals surface area contributed by atoms with Gasteiger partial charge in [0.1, 0.15) is 0 Å². The maximum absolute atomic E-state index is 11.8. The molecule has 1 aromatic carbocycles. The summed E-state index contributed by atoms with van der Waals surface area (Å²) in [5.74, 6) is 2.88. The van der Waals surface area contributed by atoms with E-state index in [-0.39, 0.29) is 29.9 Å². The highest BCUT2D eigenvalue weighted by molar-refractivity contribution is 14.0. The Labute approximate surface area is 193 Å². The van der Waals surface area contributed by atoms with Gasteiger partial charge in [0.25, 0.3) is 0 Å². The van der Waals surface area contributed by atoms with Crippen LogP contribution in [0.3, 0.4) is 0 Å². The van der Waals surface area contributed by atoms with Gasteiger partial charge in [-0.2, -0.15) is 0 Å². The largest absolute Gasteiger partial charge is 0.357 e. The first-order valence-corrected chi connectivity index (χ1v) is 10.9. The van der Waals surface area contributed by atoms with E-state index in [4.69, 9.17) is 4.99 Å². The summed E-state index contributed by atoms with van der Waals surface area (Å²) in [4.78, 5) is 21.1. The van der Waals surface area contributed by atoms with Gasteiger partial charge in [0, 0.05) is 39.1 Å². The van der Waals surface area contributed by atoms with Crippen molar-refractivity contribution in [1.29, 1.82) is 0 Å². The number of likely N-dealkylation sites (tertiary alicyclic amines) is 2. The van der Waals surface area contributed by atoms with Crippen molar-refractivity contribution in [3.05, 3.63) is 35.4 Å². The molecular formula is C23H37IN4O. The summed E-state index contributed by atoms with van der Waals surface area (Å²) >= 11 is 0. The molecule has 2 aliphatic rings. The van der Waals surface area contributed by atoms with Gasteiger partial charge in [0.05, 0.1) is 6.54 Å². The number of hydrogen-bond acceptors (Lipinski definition) is 2. The number of nitrogens with one attached hydrogen (secondary N) is 1. The van der Waals surface area contributed by atoms with Crippen LogP contribution < -0.4 is 5.32 Å². The normalized spacial score (nSPS) is 19.8. The summed E-state index contributed by atoms with van der Waals surface area (Å²) in [6.07, 6.45) is 4.27. The number of halogens is 1. The molecule has 0 aromatic heterocycles. The smallest absolute Gasteiger partial charge is 0.222 e. The minimum absolute atomic E-state index is 0. The minimum Gasteiger partial charge on any atom is -0.357 e. The molecule has 2 fully saturated rings. The third-order valence-corrected chi connectivity index (χ3v) is 5.70. The SMILES string of the molecule is CCNC(=NCc1ccc(CN2CCCC2=O)cc1)N1CCC(CC(C)C)C1.I. The minimum atomic E-state index is 0. The predicted molar refractivity (Wildman–Crippen MR) is 130 cm³/mol. The summed E-state index contributed by atoms with van der Waals surface area (Å²) in [6, 6.07) is 8.57. The monoisotopic (exact) mass is 512 g/mol. The van der Waals surface area contributed by atoms with Crippen LogP contribution in [-0.2, 0) is 17.9 Å². The van der Waals surface area contributed by atoms with Gasteiger partial charge in [0.2, 0.25) is 5.91 Å². The number of rotatable bonds is 7. The van der Waals surface area contributed by atoms with Crippen LogP contribution >= 0.6 is 24.0 Å². The van der Waals surface area contributed by atoms with Crippen molar-refractivity contribution >= 4 is 35.8 Å². The molecule has 0 radical (unpaired) electrons. The Hall–Kier alpha value is -1.31. The quantitative estimate of drug-likeness (QED) is 0.338. The number of carbonyl (C=O) groups excluding carboxylic acids is 1. The first-order valence-electron chi connectivity index (χ1n) is 10.9. The molecule has 0 bridgehead atoms. The molecule has 1 amide bonds. The fourth-order valence-corrected chi connectivity index (χ4v) is 4.32. The van der Waals surface area contributed by atoms with Crippen molar-refractivity contribution in [3.8, 4) is 0 Å². The van der Waals surface area contributed by atoms with Crippen LogP contribution in [0.15, 0.2) is 29.3 Å². The van der Waals surface area contributed by atoms with Gasteiger partial charge in [-0.15, -0.1) is 24.0 Å². The average molecular weight is 512 g/mol. The number of aliphatic imine (C=N–C) groups is 1. The second-order valence-electron chi connectivity index (χ2n) is 8.64. The van der Waals surface area contributed by atoms with E-state index in [0.717, 1.165) is 56.9 Å². The van der Waals surface area contributed by atoms with Crippen LogP contribution in [0.2, 0.25) is 0 Å². The zero-order chi connectivity index (χ0) is 19.9. The van der Waals surface area contributed by atoms with E-state index < -0.39 is 0 Å². The van der Waals surface area contributed by atoms with Crippen molar-refractivity contribution in [2.75, 3.05) is 26.2 Å². The van der Waals surface area contributed by atoms with Gasteiger partial charge in [0.15, 0.2) is 5.96 Å². The summed E-state index contributed by atoms with van der Waals surface area (Å²) in [7, 11) is 0. The van der Waals surface area contributed by atoms with E-state index in [1.54, 1.807) is 0 Å². The molecule has 0 saturated carbocycles. The zero-order valence-electron chi connectivity index (χ0n) is 18.2. The summed E-state index contributed by atoms with van der Waals surface area (Å²) in [5.41, 5.74) is 2.41. The van der Waals surface area contributed by atoms with E-state index in [1.165, 1.54) is 24.0 Å². The van der Waals surface area contributed by atoms with Crippen LogP contribution in [-0.4, -0.2) is 47.8 Å². The summed E-state index contributed by atoms with van der Waals surface area (Å²) in [5, 5.41) is 3.46. The lowest BCUT2D eigenvalue weighted by Gasteiger charge is -2.22. The molecule has 2 aliphatic heterocycles. The first kappa shape index (κ1) is 24.0. The van der Waals surface area contributed by atoms with Crippen LogP contribution in [0.1, 0.15) is 57.6 Å². The van der Waals surface area contributed by atoms with E-state index in [2.05, 4.69) is 55.3 Å². The topological polar surface area (TPSA) is 47.9 Å². The maximum Gasteiger partial charge on any atom is 0.222 e. The van der Waals surface area contributed by atoms with Gasteiger partial charge in [-0.3, -0.25) is 4.79 Å². The molecule has 29 heavy (non-hydrogen) atoms. The van der Waals surface area contributed by atoms with Crippen LogP contribution in [0.25, 0.3) is 0 Å². The Morgan fingerprint density at radius 1 is 1.21 bits per heavy atom. The van der Waals surface area contributed by atoms with Gasteiger partial charge in [-0.05, 0) is 49.1 Å². The molecule has 5 nitrogen and oxygen atoms in total. The Morgan fingerprint density at radius 3 is 2.55 bits per heavy atom. The lowest BCUT2D eigenvalue weighted by atomic mass is 9.97. The zero-order valence-corrected chi connectivity index (χ0v) is 20.5. The molecule has 162 valence electrons. The van der Waals surface area contributed by atoms with Gasteiger partial charge >= 0.3 is 0 Å². The molecule has 1 atom stereocenters. The van der Waals surface area contributed by atoms with Crippen molar-refractivity contribution in [3.63, 3.8) is 0 Å². The Kier molecular flexibility index (Phi) is 9.72. The van der Waals surface area contributed by atoms with Gasteiger partial charge in [-0.1, -0.05) is 38.1 Å². The van der Waals surface area contributed by atoms with Crippen LogP contribution in [0, 0.1) is 11.8 Å². The highest BCUT2D eigenvalue weighted by atomic mass is 127. The Balaban J connectivity index is 0.00000300. The molecule has 6 heteroatoms. The average Bonchev–Trinajstić information content (AvgIpc) is 3.29. The third-order valence-electron chi connectivity index (χ3n) is 5.70. The number of benzene rings is 1. The number of nitrogens with zero attached hydrogens (tertiary/aromatic N) is 3. The Bertz CT molecular complexity index is 674. The summed E-state index contributed by atoms with van der Waals surface area (Å²) < 4.78 is 0. The van der Waals surface area contributed by atoms with Gasteiger partial charge < -0.3 is 15.1 Å². The molecule has 1 aromatic rings. The molecule has 0 aliphatic carbocycles. The second-order valence-corrected chi connectivity index (χ2v) is 8.64. The van der Waals surface area contributed by atoms with E-state index in [1.807, 2.05) is 4.90 Å². The summed E-state index contributed by atoms with van der Waals surface area (Å²) in [6.45, 7) is 12.2. The maximum atomic E-state index is 11.8. The fraction of sp³-hybridized carbons (Fsp3) is 0.652. The van der Waals surface area contributed by atoms with Crippen LogP contribution in [0.4, 0.5) is 0 Å². The van der Waals surface area contributed by atoms with E-state index in [0.29, 0.717) is 13.0 Å².